The highest BCUT2D eigenvalue weighted by molar-refractivity contribution is 5.64. The molecule has 2 aromatic carbocycles. The Morgan fingerprint density at radius 2 is 1.93 bits per heavy atom. The predicted molar refractivity (Wildman–Crippen MR) is 105 cm³/mol. The van der Waals surface area contributed by atoms with Crippen LogP contribution >= 0.6 is 0 Å². The Balaban J connectivity index is 1.83. The van der Waals surface area contributed by atoms with Crippen LogP contribution in [0.15, 0.2) is 54.9 Å². The van der Waals surface area contributed by atoms with Gasteiger partial charge in [0.15, 0.2) is 11.5 Å². The van der Waals surface area contributed by atoms with Crippen LogP contribution in [0, 0.1) is 0 Å². The van der Waals surface area contributed by atoms with E-state index in [1.807, 2.05) is 6.92 Å². The number of alkyl halides is 3. The Morgan fingerprint density at radius 3 is 2.63 bits per heavy atom. The molecule has 0 aliphatic heterocycles. The Kier molecular flexibility index (Phi) is 6.29. The van der Waals surface area contributed by atoms with Gasteiger partial charge in [-0.05, 0) is 42.3 Å². The number of phenolic OH excluding ortho intramolecular Hbond substituents is 1. The molecule has 1 unspecified atom stereocenters. The van der Waals surface area contributed by atoms with E-state index in [-0.39, 0.29) is 17.5 Å². The third-order valence-electron chi connectivity index (χ3n) is 4.33. The van der Waals surface area contributed by atoms with Crippen LogP contribution in [0.3, 0.4) is 0 Å². The molecule has 0 fully saturated rings. The van der Waals surface area contributed by atoms with Gasteiger partial charge < -0.3 is 19.9 Å². The van der Waals surface area contributed by atoms with Crippen molar-refractivity contribution in [1.29, 1.82) is 0 Å². The number of hydrogen-bond donors (Lipinski definition) is 2. The van der Waals surface area contributed by atoms with Crippen molar-refractivity contribution in [2.24, 2.45) is 0 Å². The average Bonchev–Trinajstić information content (AvgIpc) is 2.71. The average molecular weight is 419 g/mol. The van der Waals surface area contributed by atoms with Crippen molar-refractivity contribution in [2.45, 2.75) is 25.7 Å². The summed E-state index contributed by atoms with van der Waals surface area (Å²) in [5.74, 6) is 0.487. The highest BCUT2D eigenvalue weighted by Crippen LogP contribution is 2.32. The number of nitrogens with zero attached hydrogens (tertiary/aromatic N) is 2. The zero-order chi connectivity index (χ0) is 21.7. The number of hydrogen-bond acceptors (Lipinski definition) is 6. The molecule has 30 heavy (non-hydrogen) atoms. The minimum atomic E-state index is -4.75. The summed E-state index contributed by atoms with van der Waals surface area (Å²) in [6, 6.07) is 10.3. The van der Waals surface area contributed by atoms with Crippen molar-refractivity contribution in [1.82, 2.24) is 9.97 Å². The van der Waals surface area contributed by atoms with E-state index in [0.717, 1.165) is 0 Å². The Bertz CT molecular complexity index is 1010. The van der Waals surface area contributed by atoms with Gasteiger partial charge in [-0.3, -0.25) is 4.98 Å². The second-order valence-electron chi connectivity index (χ2n) is 6.40. The van der Waals surface area contributed by atoms with Crippen LogP contribution in [0.1, 0.15) is 24.9 Å². The summed E-state index contributed by atoms with van der Waals surface area (Å²) in [6.45, 7) is 1.90. The maximum absolute atomic E-state index is 12.5. The lowest BCUT2D eigenvalue weighted by atomic mass is 10.0. The lowest BCUT2D eigenvalue weighted by molar-refractivity contribution is -0.274. The van der Waals surface area contributed by atoms with Gasteiger partial charge in [0.25, 0.3) is 0 Å². The summed E-state index contributed by atoms with van der Waals surface area (Å²) in [4.78, 5) is 8.71. The number of phenols is 1. The summed E-state index contributed by atoms with van der Waals surface area (Å²) in [6.07, 6.45) is -1.07. The van der Waals surface area contributed by atoms with Gasteiger partial charge in [0.1, 0.15) is 11.6 Å². The van der Waals surface area contributed by atoms with Gasteiger partial charge in [-0.2, -0.15) is 0 Å². The quantitative estimate of drug-likeness (QED) is 0.540. The molecule has 0 radical (unpaired) electrons. The molecule has 0 spiro atoms. The molecule has 0 aliphatic carbocycles. The lowest BCUT2D eigenvalue weighted by Gasteiger charge is -2.19. The molecule has 3 aromatic rings. The van der Waals surface area contributed by atoms with Crippen LogP contribution in [0.25, 0.3) is 11.3 Å². The van der Waals surface area contributed by atoms with Crippen molar-refractivity contribution < 1.29 is 27.8 Å². The number of rotatable bonds is 7. The number of aromatic nitrogens is 2. The molecule has 3 rings (SSSR count). The summed E-state index contributed by atoms with van der Waals surface area (Å²) >= 11 is 0. The number of anilines is 1. The highest BCUT2D eigenvalue weighted by Gasteiger charge is 2.31. The number of nitrogens with one attached hydrogen (secondary N) is 1. The molecule has 0 amide bonds. The van der Waals surface area contributed by atoms with Crippen molar-refractivity contribution in [3.63, 3.8) is 0 Å². The Labute approximate surface area is 171 Å². The normalized spacial score (nSPS) is 12.3. The van der Waals surface area contributed by atoms with Gasteiger partial charge in [-0.15, -0.1) is 13.2 Å². The van der Waals surface area contributed by atoms with E-state index in [9.17, 15) is 18.3 Å². The van der Waals surface area contributed by atoms with Crippen LogP contribution in [-0.4, -0.2) is 28.5 Å². The molecule has 1 aromatic heterocycles. The van der Waals surface area contributed by atoms with E-state index in [4.69, 9.17) is 4.74 Å². The lowest BCUT2D eigenvalue weighted by Crippen LogP contribution is -2.17. The Hall–Kier alpha value is -3.49. The molecule has 0 aliphatic rings. The first-order valence-electron chi connectivity index (χ1n) is 9.10. The summed E-state index contributed by atoms with van der Waals surface area (Å²) in [5, 5.41) is 12.9. The first-order chi connectivity index (χ1) is 14.3. The van der Waals surface area contributed by atoms with Crippen molar-refractivity contribution >= 4 is 5.82 Å². The molecular weight excluding hydrogens is 399 g/mol. The fraction of sp³-hybridized carbons (Fsp3) is 0.238. The van der Waals surface area contributed by atoms with Gasteiger partial charge >= 0.3 is 6.36 Å². The first kappa shape index (κ1) is 21.2. The SMILES string of the molecule is CCC(Nc1cncc(-c2ccc(O)c(OC)c2)n1)c1cccc(OC(F)(F)F)c1. The molecule has 158 valence electrons. The van der Waals surface area contributed by atoms with Crippen LogP contribution in [-0.2, 0) is 0 Å². The second kappa shape index (κ2) is 8.89. The number of ether oxygens (including phenoxy) is 2. The molecule has 2 N–H and O–H groups in total. The van der Waals surface area contributed by atoms with Gasteiger partial charge in [0.2, 0.25) is 0 Å². The standard InChI is InChI=1S/C21H20F3N3O3/c1-3-16(13-5-4-6-15(9-13)30-21(22,23)24)26-20-12-25-11-17(27-20)14-7-8-18(28)19(10-14)29-2/h4-12,16,28H,3H2,1-2H3,(H,26,27). The first-order valence-corrected chi connectivity index (χ1v) is 9.10. The minimum Gasteiger partial charge on any atom is -0.504 e. The fourth-order valence-corrected chi connectivity index (χ4v) is 2.94. The smallest absolute Gasteiger partial charge is 0.504 e. The molecule has 0 bridgehead atoms. The van der Waals surface area contributed by atoms with Gasteiger partial charge in [-0.25, -0.2) is 4.98 Å². The van der Waals surface area contributed by atoms with E-state index >= 15 is 0 Å². The third kappa shape index (κ3) is 5.31. The molecule has 1 atom stereocenters. The number of benzene rings is 2. The summed E-state index contributed by atoms with van der Waals surface area (Å²) in [5.41, 5.74) is 1.86. The topological polar surface area (TPSA) is 76.5 Å². The fourth-order valence-electron chi connectivity index (χ4n) is 2.94. The monoisotopic (exact) mass is 419 g/mol. The number of aromatic hydroxyl groups is 1. The molecule has 6 nitrogen and oxygen atoms in total. The van der Waals surface area contributed by atoms with E-state index in [2.05, 4.69) is 20.0 Å². The maximum Gasteiger partial charge on any atom is 0.573 e. The zero-order valence-corrected chi connectivity index (χ0v) is 16.3. The van der Waals surface area contributed by atoms with E-state index < -0.39 is 6.36 Å². The maximum atomic E-state index is 12.5. The van der Waals surface area contributed by atoms with Crippen molar-refractivity contribution in [2.75, 3.05) is 12.4 Å². The molecule has 1 heterocycles. The van der Waals surface area contributed by atoms with Crippen LogP contribution < -0.4 is 14.8 Å². The van der Waals surface area contributed by atoms with E-state index in [1.54, 1.807) is 24.4 Å². The number of halogens is 3. The molecular formula is C21H20F3N3O3. The Morgan fingerprint density at radius 1 is 1.13 bits per heavy atom. The second-order valence-corrected chi connectivity index (χ2v) is 6.40. The predicted octanol–water partition coefficient (Wildman–Crippen LogP) is 5.32. The third-order valence-corrected chi connectivity index (χ3v) is 4.33. The zero-order valence-electron chi connectivity index (χ0n) is 16.3. The summed E-state index contributed by atoms with van der Waals surface area (Å²) < 4.78 is 46.6. The number of methoxy groups -OCH3 is 1. The van der Waals surface area contributed by atoms with Crippen LogP contribution in [0.5, 0.6) is 17.2 Å². The molecule has 0 saturated heterocycles. The van der Waals surface area contributed by atoms with Gasteiger partial charge in [0, 0.05) is 5.56 Å². The van der Waals surface area contributed by atoms with Gasteiger partial charge in [-0.1, -0.05) is 19.1 Å². The van der Waals surface area contributed by atoms with Crippen LogP contribution in [0.4, 0.5) is 19.0 Å². The van der Waals surface area contributed by atoms with Crippen molar-refractivity contribution in [3.8, 4) is 28.5 Å². The highest BCUT2D eigenvalue weighted by atomic mass is 19.4. The molecule has 9 heteroatoms. The minimum absolute atomic E-state index is 0.00972. The van der Waals surface area contributed by atoms with E-state index in [1.165, 1.54) is 37.6 Å². The van der Waals surface area contributed by atoms with Gasteiger partial charge in [0.05, 0.1) is 31.2 Å². The van der Waals surface area contributed by atoms with Crippen molar-refractivity contribution in [3.05, 3.63) is 60.4 Å². The van der Waals surface area contributed by atoms with E-state index in [0.29, 0.717) is 34.8 Å². The summed E-state index contributed by atoms with van der Waals surface area (Å²) in [7, 11) is 1.45. The molecule has 0 saturated carbocycles. The largest absolute Gasteiger partial charge is 0.573 e. The van der Waals surface area contributed by atoms with Crippen LogP contribution in [0.2, 0.25) is 0 Å².